The number of fused-ring (bicyclic) bond motifs is 1. The van der Waals surface area contributed by atoms with E-state index in [4.69, 9.17) is 14.2 Å². The normalized spacial score (nSPS) is 14.2. The first-order valence-electron chi connectivity index (χ1n) is 7.92. The van der Waals surface area contributed by atoms with Crippen molar-refractivity contribution < 1.29 is 14.2 Å². The molecule has 1 N–H and O–H groups in total. The van der Waals surface area contributed by atoms with Crippen molar-refractivity contribution in [2.24, 2.45) is 5.92 Å². The highest BCUT2D eigenvalue weighted by molar-refractivity contribution is 5.43. The van der Waals surface area contributed by atoms with E-state index in [1.165, 1.54) is 5.56 Å². The summed E-state index contributed by atoms with van der Waals surface area (Å²) < 4.78 is 17.0. The Balaban J connectivity index is 1.66. The van der Waals surface area contributed by atoms with Gasteiger partial charge in [0.1, 0.15) is 0 Å². The van der Waals surface area contributed by atoms with E-state index in [-0.39, 0.29) is 0 Å². The Morgan fingerprint density at radius 3 is 2.76 bits per heavy atom. The van der Waals surface area contributed by atoms with Gasteiger partial charge in [-0.25, -0.2) is 0 Å². The van der Waals surface area contributed by atoms with Crippen LogP contribution in [-0.2, 0) is 11.2 Å². The molecule has 1 aliphatic rings. The molecule has 1 aromatic carbocycles. The van der Waals surface area contributed by atoms with Crippen molar-refractivity contribution >= 4 is 0 Å². The highest BCUT2D eigenvalue weighted by Gasteiger charge is 2.10. The summed E-state index contributed by atoms with van der Waals surface area (Å²) >= 11 is 0. The maximum absolute atomic E-state index is 5.70. The summed E-state index contributed by atoms with van der Waals surface area (Å²) in [6.07, 6.45) is 1.84. The third-order valence-corrected chi connectivity index (χ3v) is 3.32. The van der Waals surface area contributed by atoms with Gasteiger partial charge >= 0.3 is 0 Å². The molecule has 1 heterocycles. The van der Waals surface area contributed by atoms with Crippen LogP contribution >= 0.6 is 0 Å². The predicted octanol–water partition coefficient (Wildman–Crippen LogP) is 2.65. The van der Waals surface area contributed by atoms with Gasteiger partial charge in [0.2, 0.25) is 0 Å². The Morgan fingerprint density at radius 2 is 1.95 bits per heavy atom. The second-order valence-corrected chi connectivity index (χ2v) is 5.79. The van der Waals surface area contributed by atoms with Crippen molar-refractivity contribution in [2.45, 2.75) is 26.7 Å². The molecule has 4 heteroatoms. The van der Waals surface area contributed by atoms with E-state index in [9.17, 15) is 0 Å². The van der Waals surface area contributed by atoms with Gasteiger partial charge in [-0.15, -0.1) is 0 Å². The van der Waals surface area contributed by atoms with Gasteiger partial charge in [0.05, 0.1) is 26.4 Å². The van der Waals surface area contributed by atoms with Gasteiger partial charge in [0, 0.05) is 13.0 Å². The third kappa shape index (κ3) is 5.94. The zero-order chi connectivity index (χ0) is 14.9. The molecule has 0 atom stereocenters. The quantitative estimate of drug-likeness (QED) is 0.748. The van der Waals surface area contributed by atoms with Gasteiger partial charge in [-0.2, -0.15) is 0 Å². The molecule has 118 valence electrons. The van der Waals surface area contributed by atoms with Gasteiger partial charge in [-0.05, 0) is 36.6 Å². The van der Waals surface area contributed by atoms with Crippen molar-refractivity contribution in [1.29, 1.82) is 0 Å². The lowest BCUT2D eigenvalue weighted by Crippen LogP contribution is -2.24. The first-order valence-corrected chi connectivity index (χ1v) is 7.92. The SMILES string of the molecule is CC(C)CNCCOCCc1ccc2c(c1)OCCCO2. The topological polar surface area (TPSA) is 39.7 Å². The number of nitrogens with one attached hydrogen (secondary N) is 1. The first kappa shape index (κ1) is 16.1. The minimum Gasteiger partial charge on any atom is -0.490 e. The highest BCUT2D eigenvalue weighted by Crippen LogP contribution is 2.30. The lowest BCUT2D eigenvalue weighted by Gasteiger charge is -2.10. The maximum Gasteiger partial charge on any atom is 0.161 e. The van der Waals surface area contributed by atoms with Crippen LogP contribution in [-0.4, -0.2) is 39.5 Å². The van der Waals surface area contributed by atoms with Crippen LogP contribution in [0.5, 0.6) is 11.5 Å². The van der Waals surface area contributed by atoms with Gasteiger partial charge in [0.25, 0.3) is 0 Å². The number of ether oxygens (including phenoxy) is 3. The van der Waals surface area contributed by atoms with Crippen LogP contribution in [0, 0.1) is 5.92 Å². The van der Waals surface area contributed by atoms with Crippen molar-refractivity contribution in [3.05, 3.63) is 23.8 Å². The molecule has 0 spiro atoms. The molecule has 0 bridgehead atoms. The van der Waals surface area contributed by atoms with Crippen LogP contribution in [0.2, 0.25) is 0 Å². The standard InChI is InChI=1S/C17H27NO3/c1-14(2)13-18-7-11-19-10-6-15-4-5-16-17(12-15)21-9-3-8-20-16/h4-5,12,14,18H,3,6-11,13H2,1-2H3. The van der Waals surface area contributed by atoms with Crippen molar-refractivity contribution in [3.63, 3.8) is 0 Å². The summed E-state index contributed by atoms with van der Waals surface area (Å²) in [7, 11) is 0. The van der Waals surface area contributed by atoms with Gasteiger partial charge in [0.15, 0.2) is 11.5 Å². The average molecular weight is 293 g/mol. The van der Waals surface area contributed by atoms with Gasteiger partial charge in [-0.3, -0.25) is 0 Å². The summed E-state index contributed by atoms with van der Waals surface area (Å²) in [5, 5.41) is 3.37. The fourth-order valence-electron chi connectivity index (χ4n) is 2.19. The molecule has 0 saturated carbocycles. The zero-order valence-corrected chi connectivity index (χ0v) is 13.2. The smallest absolute Gasteiger partial charge is 0.161 e. The largest absolute Gasteiger partial charge is 0.490 e. The first-order chi connectivity index (χ1) is 10.3. The molecule has 2 rings (SSSR count). The molecule has 0 fully saturated rings. The fourth-order valence-corrected chi connectivity index (χ4v) is 2.19. The van der Waals surface area contributed by atoms with Gasteiger partial charge < -0.3 is 19.5 Å². The summed E-state index contributed by atoms with van der Waals surface area (Å²) in [4.78, 5) is 0. The molecule has 0 amide bonds. The van der Waals surface area contributed by atoms with E-state index in [1.807, 2.05) is 6.07 Å². The molecule has 0 saturated heterocycles. The summed E-state index contributed by atoms with van der Waals surface area (Å²) in [6.45, 7) is 9.34. The molecule has 0 unspecified atom stereocenters. The molecule has 0 radical (unpaired) electrons. The molecule has 0 aliphatic carbocycles. The molecular weight excluding hydrogens is 266 g/mol. The van der Waals surface area contributed by atoms with E-state index in [1.54, 1.807) is 0 Å². The number of hydrogen-bond donors (Lipinski definition) is 1. The Hall–Kier alpha value is -1.26. The molecule has 21 heavy (non-hydrogen) atoms. The van der Waals surface area contributed by atoms with Crippen LogP contribution < -0.4 is 14.8 Å². The molecule has 1 aromatic rings. The van der Waals surface area contributed by atoms with Crippen molar-refractivity contribution in [2.75, 3.05) is 39.5 Å². The van der Waals surface area contributed by atoms with E-state index in [0.29, 0.717) is 5.92 Å². The van der Waals surface area contributed by atoms with Crippen LogP contribution in [0.1, 0.15) is 25.8 Å². The fraction of sp³-hybridized carbons (Fsp3) is 0.647. The van der Waals surface area contributed by atoms with Crippen LogP contribution in [0.25, 0.3) is 0 Å². The Kier molecular flexibility index (Phi) is 6.83. The maximum atomic E-state index is 5.70. The Morgan fingerprint density at radius 1 is 1.14 bits per heavy atom. The summed E-state index contributed by atoms with van der Waals surface area (Å²) in [5.41, 5.74) is 1.23. The van der Waals surface area contributed by atoms with E-state index in [0.717, 1.165) is 63.9 Å². The highest BCUT2D eigenvalue weighted by atomic mass is 16.5. The molecule has 0 aromatic heterocycles. The van der Waals surface area contributed by atoms with Crippen LogP contribution in [0.3, 0.4) is 0 Å². The second-order valence-electron chi connectivity index (χ2n) is 5.79. The molecular formula is C17H27NO3. The Bertz CT molecular complexity index is 420. The predicted molar refractivity (Wildman–Crippen MR) is 84.3 cm³/mol. The molecule has 1 aliphatic heterocycles. The van der Waals surface area contributed by atoms with Crippen molar-refractivity contribution in [3.8, 4) is 11.5 Å². The minimum absolute atomic E-state index is 0.687. The minimum atomic E-state index is 0.687. The summed E-state index contributed by atoms with van der Waals surface area (Å²) in [5.74, 6) is 2.41. The van der Waals surface area contributed by atoms with E-state index < -0.39 is 0 Å². The monoisotopic (exact) mass is 293 g/mol. The number of hydrogen-bond acceptors (Lipinski definition) is 4. The van der Waals surface area contributed by atoms with E-state index in [2.05, 4.69) is 31.3 Å². The number of rotatable bonds is 8. The average Bonchev–Trinajstić information content (AvgIpc) is 2.70. The third-order valence-electron chi connectivity index (χ3n) is 3.32. The lowest BCUT2D eigenvalue weighted by molar-refractivity contribution is 0.138. The van der Waals surface area contributed by atoms with Gasteiger partial charge in [-0.1, -0.05) is 19.9 Å². The number of benzene rings is 1. The lowest BCUT2D eigenvalue weighted by atomic mass is 10.1. The van der Waals surface area contributed by atoms with Crippen LogP contribution in [0.15, 0.2) is 18.2 Å². The van der Waals surface area contributed by atoms with E-state index >= 15 is 0 Å². The summed E-state index contributed by atoms with van der Waals surface area (Å²) in [6, 6.07) is 6.16. The molecule has 4 nitrogen and oxygen atoms in total. The zero-order valence-electron chi connectivity index (χ0n) is 13.2. The van der Waals surface area contributed by atoms with Crippen LogP contribution in [0.4, 0.5) is 0 Å². The second kappa shape index (κ2) is 8.90. The Labute approximate surface area is 127 Å². The van der Waals surface area contributed by atoms with Crippen molar-refractivity contribution in [1.82, 2.24) is 5.32 Å².